The van der Waals surface area contributed by atoms with Gasteiger partial charge in [-0.15, -0.1) is 0 Å². The number of halogens is 3. The highest BCUT2D eigenvalue weighted by molar-refractivity contribution is 5.95. The van der Waals surface area contributed by atoms with E-state index in [2.05, 4.69) is 29.5 Å². The number of benzene rings is 1. The molecule has 2 fully saturated rings. The molecule has 2 aliphatic heterocycles. The SMILES string of the molecule is CC(C)[C@]1(C(=O)N2CCN(c3cc(C(F)(F)F)ccn3)CC2)CC[C@@H](NCc2ccc3c(c2)NC(=O)CO3)C1. The van der Waals surface area contributed by atoms with E-state index in [4.69, 9.17) is 4.74 Å². The number of fused-ring (bicyclic) bond motifs is 1. The third-order valence-corrected chi connectivity index (χ3v) is 8.32. The average molecular weight is 546 g/mol. The number of ether oxygens (including phenoxy) is 1. The highest BCUT2D eigenvalue weighted by Crippen LogP contribution is 2.46. The molecule has 3 heterocycles. The van der Waals surface area contributed by atoms with Gasteiger partial charge < -0.3 is 25.2 Å². The highest BCUT2D eigenvalue weighted by atomic mass is 19.4. The summed E-state index contributed by atoms with van der Waals surface area (Å²) in [5.41, 5.74) is 0.490. The highest BCUT2D eigenvalue weighted by Gasteiger charge is 2.49. The van der Waals surface area contributed by atoms with E-state index in [1.807, 2.05) is 28.0 Å². The van der Waals surface area contributed by atoms with E-state index >= 15 is 0 Å². The zero-order valence-corrected chi connectivity index (χ0v) is 22.2. The molecule has 11 heteroatoms. The van der Waals surface area contributed by atoms with Crippen LogP contribution in [-0.4, -0.2) is 60.5 Å². The van der Waals surface area contributed by atoms with E-state index in [0.29, 0.717) is 44.2 Å². The van der Waals surface area contributed by atoms with Crippen molar-refractivity contribution in [1.29, 1.82) is 0 Å². The molecule has 5 rings (SSSR count). The molecule has 0 bridgehead atoms. The molecule has 0 spiro atoms. The van der Waals surface area contributed by atoms with Crippen LogP contribution in [0, 0.1) is 11.3 Å². The number of nitrogens with zero attached hydrogens (tertiary/aromatic N) is 3. The Labute approximate surface area is 225 Å². The molecule has 2 atom stereocenters. The number of alkyl halides is 3. The fourth-order valence-corrected chi connectivity index (χ4v) is 5.94. The minimum absolute atomic E-state index is 0.0230. The van der Waals surface area contributed by atoms with Crippen LogP contribution >= 0.6 is 0 Å². The average Bonchev–Trinajstić information content (AvgIpc) is 3.37. The van der Waals surface area contributed by atoms with Gasteiger partial charge in [-0.25, -0.2) is 4.98 Å². The third-order valence-electron chi connectivity index (χ3n) is 8.32. The van der Waals surface area contributed by atoms with Crippen LogP contribution in [-0.2, 0) is 22.3 Å². The summed E-state index contributed by atoms with van der Waals surface area (Å²) in [6.07, 6.45) is -0.851. The molecule has 1 saturated heterocycles. The summed E-state index contributed by atoms with van der Waals surface area (Å²) < 4.78 is 44.8. The first-order valence-corrected chi connectivity index (χ1v) is 13.4. The molecule has 0 radical (unpaired) electrons. The summed E-state index contributed by atoms with van der Waals surface area (Å²) in [6.45, 7) is 6.60. The number of pyridine rings is 1. The molecular formula is C28H34F3N5O3. The van der Waals surface area contributed by atoms with Gasteiger partial charge in [-0.3, -0.25) is 9.59 Å². The molecule has 2 aromatic rings. The Balaban J connectivity index is 1.19. The van der Waals surface area contributed by atoms with Crippen molar-refractivity contribution in [1.82, 2.24) is 15.2 Å². The van der Waals surface area contributed by atoms with Gasteiger partial charge in [0.05, 0.1) is 16.7 Å². The summed E-state index contributed by atoms with van der Waals surface area (Å²) >= 11 is 0. The number of carbonyl (C=O) groups is 2. The standard InChI is InChI=1S/C28H34F3N5O3/c1-18(2)27(7-5-21(15-27)33-16-19-3-4-23-22(13-19)34-25(37)17-39-23)26(38)36-11-9-35(10-12-36)24-14-20(6-8-32-24)28(29,30)31/h3-4,6,8,13-14,18,21,33H,5,7,9-12,15-17H2,1-2H3,(H,34,37)/t21-,27+/m1/s1. The molecule has 1 aromatic carbocycles. The van der Waals surface area contributed by atoms with Crippen molar-refractivity contribution in [3.63, 3.8) is 0 Å². The molecule has 210 valence electrons. The van der Waals surface area contributed by atoms with Crippen molar-refractivity contribution in [3.05, 3.63) is 47.7 Å². The second kappa shape index (κ2) is 10.7. The molecule has 3 aliphatic rings. The van der Waals surface area contributed by atoms with Crippen LogP contribution in [0.1, 0.15) is 44.2 Å². The minimum atomic E-state index is -4.42. The van der Waals surface area contributed by atoms with Crippen molar-refractivity contribution >= 4 is 23.3 Å². The fourth-order valence-electron chi connectivity index (χ4n) is 5.94. The summed E-state index contributed by atoms with van der Waals surface area (Å²) in [6, 6.07) is 7.96. The summed E-state index contributed by atoms with van der Waals surface area (Å²) in [4.78, 5) is 33.3. The number of aromatic nitrogens is 1. The minimum Gasteiger partial charge on any atom is -0.482 e. The molecule has 2 N–H and O–H groups in total. The first-order chi connectivity index (χ1) is 18.5. The Bertz CT molecular complexity index is 1230. The molecule has 0 unspecified atom stereocenters. The van der Waals surface area contributed by atoms with Gasteiger partial charge in [0.1, 0.15) is 11.6 Å². The monoisotopic (exact) mass is 545 g/mol. The maximum Gasteiger partial charge on any atom is 0.416 e. The summed E-state index contributed by atoms with van der Waals surface area (Å²) in [5.74, 6) is 1.06. The lowest BCUT2D eigenvalue weighted by molar-refractivity contribution is -0.145. The second-order valence-corrected chi connectivity index (χ2v) is 11.0. The maximum atomic E-state index is 13.9. The molecule has 8 nitrogen and oxygen atoms in total. The van der Waals surface area contributed by atoms with E-state index in [1.165, 1.54) is 6.20 Å². The van der Waals surface area contributed by atoms with Crippen molar-refractivity contribution < 1.29 is 27.5 Å². The van der Waals surface area contributed by atoms with E-state index in [0.717, 1.165) is 37.0 Å². The van der Waals surface area contributed by atoms with Gasteiger partial charge in [0.15, 0.2) is 6.61 Å². The van der Waals surface area contributed by atoms with Gasteiger partial charge in [-0.1, -0.05) is 19.9 Å². The number of nitrogens with one attached hydrogen (secondary N) is 2. The lowest BCUT2D eigenvalue weighted by Gasteiger charge is -2.42. The fraction of sp³-hybridized carbons (Fsp3) is 0.536. The van der Waals surface area contributed by atoms with Crippen molar-refractivity contribution in [3.8, 4) is 5.75 Å². The predicted octanol–water partition coefficient (Wildman–Crippen LogP) is 4.06. The molecular weight excluding hydrogens is 511 g/mol. The second-order valence-electron chi connectivity index (χ2n) is 11.0. The van der Waals surface area contributed by atoms with Crippen LogP contribution in [0.5, 0.6) is 5.75 Å². The van der Waals surface area contributed by atoms with Crippen molar-refractivity contribution in [2.75, 3.05) is 43.0 Å². The lowest BCUT2D eigenvalue weighted by atomic mass is 9.74. The zero-order valence-electron chi connectivity index (χ0n) is 22.2. The van der Waals surface area contributed by atoms with Gasteiger partial charge in [-0.2, -0.15) is 13.2 Å². The van der Waals surface area contributed by atoms with Crippen LogP contribution in [0.15, 0.2) is 36.5 Å². The third kappa shape index (κ3) is 5.68. The maximum absolute atomic E-state index is 13.9. The van der Waals surface area contributed by atoms with E-state index in [9.17, 15) is 22.8 Å². The number of rotatable bonds is 6. The Hall–Kier alpha value is -3.34. The number of hydrogen-bond donors (Lipinski definition) is 2. The van der Waals surface area contributed by atoms with Gasteiger partial charge in [0.2, 0.25) is 5.91 Å². The molecule has 2 amide bonds. The summed E-state index contributed by atoms with van der Waals surface area (Å²) in [7, 11) is 0. The normalized spacial score (nSPS) is 23.4. The van der Waals surface area contributed by atoms with Gasteiger partial charge in [-0.05, 0) is 55.0 Å². The zero-order chi connectivity index (χ0) is 27.8. The first kappa shape index (κ1) is 27.2. The smallest absolute Gasteiger partial charge is 0.416 e. The van der Waals surface area contributed by atoms with Gasteiger partial charge in [0, 0.05) is 45.0 Å². The molecule has 1 aliphatic carbocycles. The number of piperazine rings is 1. The van der Waals surface area contributed by atoms with E-state index in [1.54, 1.807) is 0 Å². The predicted molar refractivity (Wildman–Crippen MR) is 140 cm³/mol. The van der Waals surface area contributed by atoms with Crippen LogP contribution in [0.3, 0.4) is 0 Å². The Morgan fingerprint density at radius 3 is 2.69 bits per heavy atom. The quantitative estimate of drug-likeness (QED) is 0.570. The van der Waals surface area contributed by atoms with Crippen LogP contribution in [0.25, 0.3) is 0 Å². The van der Waals surface area contributed by atoms with E-state index in [-0.39, 0.29) is 36.2 Å². The Morgan fingerprint density at radius 2 is 1.97 bits per heavy atom. The Kier molecular flexibility index (Phi) is 7.45. The Morgan fingerprint density at radius 1 is 1.21 bits per heavy atom. The van der Waals surface area contributed by atoms with Crippen LogP contribution in [0.2, 0.25) is 0 Å². The molecule has 39 heavy (non-hydrogen) atoms. The first-order valence-electron chi connectivity index (χ1n) is 13.4. The number of carbonyl (C=O) groups excluding carboxylic acids is 2. The van der Waals surface area contributed by atoms with Crippen LogP contribution < -0.4 is 20.3 Å². The number of anilines is 2. The summed E-state index contributed by atoms with van der Waals surface area (Å²) in [5, 5.41) is 6.43. The number of hydrogen-bond acceptors (Lipinski definition) is 6. The molecule has 1 aromatic heterocycles. The van der Waals surface area contributed by atoms with Gasteiger partial charge >= 0.3 is 6.18 Å². The lowest BCUT2D eigenvalue weighted by Crippen LogP contribution is -2.54. The van der Waals surface area contributed by atoms with Crippen molar-refractivity contribution in [2.24, 2.45) is 11.3 Å². The van der Waals surface area contributed by atoms with Crippen LogP contribution in [0.4, 0.5) is 24.7 Å². The largest absolute Gasteiger partial charge is 0.482 e. The van der Waals surface area contributed by atoms with Gasteiger partial charge in [0.25, 0.3) is 5.91 Å². The van der Waals surface area contributed by atoms with Crippen molar-refractivity contribution in [2.45, 2.75) is 51.9 Å². The van der Waals surface area contributed by atoms with E-state index < -0.39 is 17.2 Å². The number of amides is 2. The molecule has 1 saturated carbocycles. The topological polar surface area (TPSA) is 86.8 Å².